The second kappa shape index (κ2) is 9.08. The van der Waals surface area contributed by atoms with Gasteiger partial charge in [0.25, 0.3) is 0 Å². The SMILES string of the molecule is C=C(C)[C@@H](O)C1CCC[C@]2(C[C@H](C)C[C@@H](C(OCOC)C3(C)OCCO3)O2)O1. The Kier molecular flexibility index (Phi) is 7.18. The minimum atomic E-state index is -0.882. The van der Waals surface area contributed by atoms with Crippen molar-refractivity contribution in [3.8, 4) is 0 Å². The van der Waals surface area contributed by atoms with Gasteiger partial charge in [0.15, 0.2) is 11.6 Å². The molecule has 0 aromatic rings. The third-order valence-corrected chi connectivity index (χ3v) is 6.01. The maximum atomic E-state index is 10.5. The minimum absolute atomic E-state index is 0.131. The van der Waals surface area contributed by atoms with E-state index in [9.17, 15) is 5.11 Å². The zero-order chi connectivity index (χ0) is 20.4. The van der Waals surface area contributed by atoms with E-state index >= 15 is 0 Å². The Bertz CT molecular complexity index is 533. The summed E-state index contributed by atoms with van der Waals surface area (Å²) >= 11 is 0. The summed E-state index contributed by atoms with van der Waals surface area (Å²) in [6, 6.07) is 0. The van der Waals surface area contributed by atoms with Gasteiger partial charge >= 0.3 is 0 Å². The summed E-state index contributed by atoms with van der Waals surface area (Å²) < 4.78 is 35.9. The highest BCUT2D eigenvalue weighted by atomic mass is 16.8. The van der Waals surface area contributed by atoms with Gasteiger partial charge in [0.05, 0.1) is 25.4 Å². The van der Waals surface area contributed by atoms with Crippen LogP contribution in [0.2, 0.25) is 0 Å². The van der Waals surface area contributed by atoms with Crippen molar-refractivity contribution in [3.63, 3.8) is 0 Å². The third kappa shape index (κ3) is 4.78. The minimum Gasteiger partial charge on any atom is -0.386 e. The van der Waals surface area contributed by atoms with Crippen LogP contribution in [0.15, 0.2) is 12.2 Å². The number of rotatable bonds is 7. The molecule has 1 spiro atoms. The fraction of sp³-hybridized carbons (Fsp3) is 0.905. The highest BCUT2D eigenvalue weighted by Gasteiger charge is 2.53. The van der Waals surface area contributed by atoms with E-state index < -0.39 is 23.8 Å². The van der Waals surface area contributed by atoms with Gasteiger partial charge in [-0.1, -0.05) is 13.5 Å². The van der Waals surface area contributed by atoms with Crippen molar-refractivity contribution in [3.05, 3.63) is 12.2 Å². The van der Waals surface area contributed by atoms with E-state index in [1.165, 1.54) is 0 Å². The number of aliphatic hydroxyl groups is 1. The largest absolute Gasteiger partial charge is 0.386 e. The van der Waals surface area contributed by atoms with Gasteiger partial charge in [0, 0.05) is 20.0 Å². The molecule has 0 aliphatic carbocycles. The number of ether oxygens (including phenoxy) is 6. The summed E-state index contributed by atoms with van der Waals surface area (Å²) in [6.45, 7) is 11.0. The van der Waals surface area contributed by atoms with Crippen molar-refractivity contribution >= 4 is 0 Å². The average Bonchev–Trinajstić information content (AvgIpc) is 3.08. The fourth-order valence-corrected chi connectivity index (χ4v) is 4.74. The van der Waals surface area contributed by atoms with Gasteiger partial charge in [0.2, 0.25) is 0 Å². The second-order valence-electron chi connectivity index (χ2n) is 8.66. The molecule has 1 N–H and O–H groups in total. The van der Waals surface area contributed by atoms with Crippen LogP contribution in [-0.4, -0.2) is 68.2 Å². The monoisotopic (exact) mass is 400 g/mol. The van der Waals surface area contributed by atoms with Crippen molar-refractivity contribution in [1.29, 1.82) is 0 Å². The van der Waals surface area contributed by atoms with Crippen LogP contribution < -0.4 is 0 Å². The summed E-state index contributed by atoms with van der Waals surface area (Å²) in [5.41, 5.74) is 0.712. The maximum Gasteiger partial charge on any atom is 0.194 e. The van der Waals surface area contributed by atoms with Gasteiger partial charge < -0.3 is 33.5 Å². The summed E-state index contributed by atoms with van der Waals surface area (Å²) in [5.74, 6) is -1.24. The van der Waals surface area contributed by atoms with Crippen molar-refractivity contribution in [2.24, 2.45) is 5.92 Å². The third-order valence-electron chi connectivity index (χ3n) is 6.01. The molecule has 0 radical (unpaired) electrons. The molecule has 0 amide bonds. The van der Waals surface area contributed by atoms with Crippen molar-refractivity contribution in [2.75, 3.05) is 27.1 Å². The summed E-state index contributed by atoms with van der Waals surface area (Å²) in [5, 5.41) is 10.5. The lowest BCUT2D eigenvalue weighted by molar-refractivity contribution is -0.361. The molecule has 3 aliphatic heterocycles. The zero-order valence-corrected chi connectivity index (χ0v) is 17.6. The molecule has 3 saturated heterocycles. The van der Waals surface area contributed by atoms with Crippen LogP contribution in [0.5, 0.6) is 0 Å². The van der Waals surface area contributed by atoms with E-state index in [1.54, 1.807) is 7.11 Å². The maximum absolute atomic E-state index is 10.5. The highest BCUT2D eigenvalue weighted by Crippen LogP contribution is 2.45. The first-order valence-electron chi connectivity index (χ1n) is 10.4. The first-order chi connectivity index (χ1) is 13.3. The lowest BCUT2D eigenvalue weighted by Gasteiger charge is -2.51. The van der Waals surface area contributed by atoms with Gasteiger partial charge in [-0.05, 0) is 44.6 Å². The first kappa shape index (κ1) is 22.2. The number of hydrogen-bond donors (Lipinski definition) is 1. The van der Waals surface area contributed by atoms with Crippen LogP contribution in [-0.2, 0) is 28.4 Å². The quantitative estimate of drug-likeness (QED) is 0.520. The van der Waals surface area contributed by atoms with Crippen LogP contribution in [0, 0.1) is 5.92 Å². The van der Waals surface area contributed by atoms with Crippen LogP contribution in [0.3, 0.4) is 0 Å². The molecule has 3 aliphatic rings. The molecule has 6 atom stereocenters. The normalized spacial score (nSPS) is 37.7. The second-order valence-corrected chi connectivity index (χ2v) is 8.66. The van der Waals surface area contributed by atoms with Gasteiger partial charge in [-0.3, -0.25) is 0 Å². The van der Waals surface area contributed by atoms with Crippen LogP contribution in [0.25, 0.3) is 0 Å². The summed E-state index contributed by atoms with van der Waals surface area (Å²) in [4.78, 5) is 0. The average molecular weight is 401 g/mol. The van der Waals surface area contributed by atoms with Crippen LogP contribution in [0.4, 0.5) is 0 Å². The molecule has 28 heavy (non-hydrogen) atoms. The smallest absolute Gasteiger partial charge is 0.194 e. The van der Waals surface area contributed by atoms with Crippen molar-refractivity contribution < 1.29 is 33.5 Å². The summed E-state index contributed by atoms with van der Waals surface area (Å²) in [7, 11) is 1.59. The molecule has 7 heteroatoms. The van der Waals surface area contributed by atoms with E-state index in [1.807, 2.05) is 13.8 Å². The van der Waals surface area contributed by atoms with Gasteiger partial charge in [-0.2, -0.15) is 0 Å². The molecule has 3 rings (SSSR count). The lowest BCUT2D eigenvalue weighted by Crippen LogP contribution is -2.59. The Morgan fingerprint density at radius 3 is 2.57 bits per heavy atom. The fourth-order valence-electron chi connectivity index (χ4n) is 4.74. The van der Waals surface area contributed by atoms with Crippen molar-refractivity contribution in [1.82, 2.24) is 0 Å². The number of methoxy groups -OCH3 is 1. The van der Waals surface area contributed by atoms with E-state index in [0.717, 1.165) is 32.1 Å². The molecular weight excluding hydrogens is 364 g/mol. The van der Waals surface area contributed by atoms with E-state index in [4.69, 9.17) is 28.4 Å². The topological polar surface area (TPSA) is 75.6 Å². The molecule has 0 bridgehead atoms. The number of hydrogen-bond acceptors (Lipinski definition) is 7. The standard InChI is InChI=1S/C21H36O7/c1-14(2)18(22)16-7-6-8-21(27-16)12-15(3)11-17(28-21)19(24-13-23-5)20(4)25-9-10-26-20/h15-19,22H,1,6-13H2,2-5H3/t15-,16?,17+,18-,19?,21+/m1/s1. The summed E-state index contributed by atoms with van der Waals surface area (Å²) in [6.07, 6.45) is 2.44. The number of aliphatic hydroxyl groups excluding tert-OH is 1. The predicted molar refractivity (Wildman–Crippen MR) is 103 cm³/mol. The Hall–Kier alpha value is -0.540. The van der Waals surface area contributed by atoms with E-state index in [2.05, 4.69) is 13.5 Å². The Morgan fingerprint density at radius 1 is 1.25 bits per heavy atom. The zero-order valence-electron chi connectivity index (χ0n) is 17.6. The molecule has 3 fully saturated rings. The first-order valence-corrected chi connectivity index (χ1v) is 10.4. The lowest BCUT2D eigenvalue weighted by atomic mass is 9.83. The van der Waals surface area contributed by atoms with Crippen LogP contribution in [0.1, 0.15) is 52.9 Å². The van der Waals surface area contributed by atoms with Gasteiger partial charge in [-0.25, -0.2) is 0 Å². The molecule has 3 heterocycles. The molecule has 2 unspecified atom stereocenters. The molecule has 162 valence electrons. The molecule has 7 nitrogen and oxygen atoms in total. The predicted octanol–water partition coefficient (Wildman–Crippen LogP) is 2.76. The van der Waals surface area contributed by atoms with Gasteiger partial charge in [-0.15, -0.1) is 0 Å². The van der Waals surface area contributed by atoms with Gasteiger partial charge in [0.1, 0.15) is 19.0 Å². The molecular formula is C21H36O7. The Morgan fingerprint density at radius 2 is 1.93 bits per heavy atom. The van der Waals surface area contributed by atoms with E-state index in [0.29, 0.717) is 24.7 Å². The van der Waals surface area contributed by atoms with E-state index in [-0.39, 0.29) is 19.0 Å². The van der Waals surface area contributed by atoms with Crippen molar-refractivity contribution in [2.45, 2.75) is 88.9 Å². The molecule has 0 aromatic heterocycles. The Balaban J connectivity index is 1.79. The Labute approximate surface area is 168 Å². The van der Waals surface area contributed by atoms with Crippen LogP contribution >= 0.6 is 0 Å². The highest BCUT2D eigenvalue weighted by molar-refractivity contribution is 5.03. The molecule has 0 aromatic carbocycles. The molecule has 0 saturated carbocycles.